The molecule has 1 heteroatoms. The standard InChI is InChI=1S/C46H35N/c1-2-13-32(14-3-1)38-29-28-33-15-6-11-21-43(33)47-46(38)35-25-23-34(24-26-35)44-39-17-7-9-19-41(39)45(42-20-10-8-18-40(42)44)37-27-22-31-12-4-5-16-36(31)30-37/h1-23,25-27,30,34,38H,24,28-29H2. The molecule has 0 spiro atoms. The average molecular weight is 602 g/mol. The van der Waals surface area contributed by atoms with Crippen molar-refractivity contribution in [2.75, 3.05) is 0 Å². The first-order valence-corrected chi connectivity index (χ1v) is 16.8. The molecule has 1 nitrogen and oxygen atoms in total. The zero-order valence-electron chi connectivity index (χ0n) is 26.3. The SMILES string of the molecule is C1=CC(c2c3ccccc3c(-c3ccc4ccccc4c3)c3ccccc23)CC=C1C1=Nc2ccccc2CCC1c1ccccc1. The molecule has 2 unspecified atom stereocenters. The van der Waals surface area contributed by atoms with Gasteiger partial charge in [-0.05, 0) is 97.1 Å². The Balaban J connectivity index is 1.16. The molecule has 1 heterocycles. The van der Waals surface area contributed by atoms with Crippen LogP contribution >= 0.6 is 0 Å². The molecule has 2 aliphatic rings. The number of benzene rings is 7. The van der Waals surface area contributed by atoms with E-state index in [0.29, 0.717) is 0 Å². The van der Waals surface area contributed by atoms with Crippen molar-refractivity contribution in [3.8, 4) is 11.1 Å². The minimum Gasteiger partial charge on any atom is -0.252 e. The predicted molar refractivity (Wildman–Crippen MR) is 200 cm³/mol. The molecule has 0 radical (unpaired) electrons. The Morgan fingerprint density at radius 1 is 0.574 bits per heavy atom. The Bertz CT molecular complexity index is 2330. The van der Waals surface area contributed by atoms with Gasteiger partial charge in [0.25, 0.3) is 0 Å². The van der Waals surface area contributed by atoms with Crippen molar-refractivity contribution in [1.29, 1.82) is 0 Å². The van der Waals surface area contributed by atoms with Crippen molar-refractivity contribution >= 4 is 43.7 Å². The Morgan fingerprint density at radius 3 is 1.98 bits per heavy atom. The van der Waals surface area contributed by atoms with Crippen LogP contribution in [0.15, 0.2) is 174 Å². The van der Waals surface area contributed by atoms with Gasteiger partial charge in [-0.2, -0.15) is 0 Å². The summed E-state index contributed by atoms with van der Waals surface area (Å²) in [7, 11) is 0. The van der Waals surface area contributed by atoms with Crippen LogP contribution in [0.4, 0.5) is 5.69 Å². The van der Waals surface area contributed by atoms with Crippen molar-refractivity contribution < 1.29 is 0 Å². The number of hydrogen-bond acceptors (Lipinski definition) is 1. The monoisotopic (exact) mass is 601 g/mol. The van der Waals surface area contributed by atoms with E-state index >= 15 is 0 Å². The summed E-state index contributed by atoms with van der Waals surface area (Å²) in [5.41, 5.74) is 10.2. The molecule has 0 N–H and O–H groups in total. The van der Waals surface area contributed by atoms with E-state index in [2.05, 4.69) is 164 Å². The van der Waals surface area contributed by atoms with Gasteiger partial charge >= 0.3 is 0 Å². The smallest absolute Gasteiger partial charge is 0.0665 e. The number of nitrogens with zero attached hydrogens (tertiary/aromatic N) is 1. The van der Waals surface area contributed by atoms with Crippen LogP contribution in [0, 0.1) is 0 Å². The normalized spacial score (nSPS) is 17.7. The van der Waals surface area contributed by atoms with Gasteiger partial charge in [-0.3, -0.25) is 4.99 Å². The molecule has 7 aromatic carbocycles. The van der Waals surface area contributed by atoms with Gasteiger partial charge in [0.15, 0.2) is 0 Å². The van der Waals surface area contributed by atoms with Crippen LogP contribution in [-0.4, -0.2) is 5.71 Å². The highest BCUT2D eigenvalue weighted by molar-refractivity contribution is 6.16. The van der Waals surface area contributed by atoms with Gasteiger partial charge in [0.05, 0.1) is 11.4 Å². The lowest BCUT2D eigenvalue weighted by Crippen LogP contribution is -2.16. The van der Waals surface area contributed by atoms with E-state index in [9.17, 15) is 0 Å². The minimum atomic E-state index is 0.263. The molecule has 0 bridgehead atoms. The van der Waals surface area contributed by atoms with E-state index in [-0.39, 0.29) is 11.8 Å². The maximum absolute atomic E-state index is 5.38. The van der Waals surface area contributed by atoms with E-state index in [1.165, 1.54) is 71.4 Å². The first-order valence-electron chi connectivity index (χ1n) is 16.8. The molecule has 0 aromatic heterocycles. The van der Waals surface area contributed by atoms with Crippen LogP contribution < -0.4 is 0 Å². The van der Waals surface area contributed by atoms with Gasteiger partial charge in [0.2, 0.25) is 0 Å². The van der Waals surface area contributed by atoms with Crippen LogP contribution in [0.2, 0.25) is 0 Å². The molecule has 0 saturated heterocycles. The molecule has 0 amide bonds. The number of fused-ring (bicyclic) bond motifs is 4. The van der Waals surface area contributed by atoms with Gasteiger partial charge in [0.1, 0.15) is 0 Å². The van der Waals surface area contributed by atoms with Crippen molar-refractivity contribution in [3.63, 3.8) is 0 Å². The summed E-state index contributed by atoms with van der Waals surface area (Å²) < 4.78 is 0. The second-order valence-corrected chi connectivity index (χ2v) is 12.9. The molecule has 47 heavy (non-hydrogen) atoms. The number of allylic oxidation sites excluding steroid dienone is 4. The van der Waals surface area contributed by atoms with Crippen molar-refractivity contribution in [2.24, 2.45) is 4.99 Å². The summed E-state index contributed by atoms with van der Waals surface area (Å²) in [6.45, 7) is 0. The van der Waals surface area contributed by atoms with Crippen molar-refractivity contribution in [2.45, 2.75) is 31.1 Å². The molecule has 1 aliphatic heterocycles. The molecule has 7 aromatic rings. The molecule has 1 aliphatic carbocycles. The number of para-hydroxylation sites is 1. The predicted octanol–water partition coefficient (Wildman–Crippen LogP) is 12.3. The Hall–Kier alpha value is -5.53. The Labute approximate surface area is 276 Å². The van der Waals surface area contributed by atoms with Gasteiger partial charge in [-0.25, -0.2) is 0 Å². The van der Waals surface area contributed by atoms with Crippen LogP contribution in [0.25, 0.3) is 43.4 Å². The fourth-order valence-electron chi connectivity index (χ4n) is 7.99. The lowest BCUT2D eigenvalue weighted by molar-refractivity contribution is 0.773. The third kappa shape index (κ3) is 4.91. The lowest BCUT2D eigenvalue weighted by Gasteiger charge is -2.25. The summed E-state index contributed by atoms with van der Waals surface area (Å²) >= 11 is 0. The van der Waals surface area contributed by atoms with Crippen LogP contribution in [-0.2, 0) is 6.42 Å². The third-order valence-corrected chi connectivity index (χ3v) is 10.2. The second kappa shape index (κ2) is 11.7. The topological polar surface area (TPSA) is 12.4 Å². The maximum Gasteiger partial charge on any atom is 0.0665 e. The molecule has 0 saturated carbocycles. The summed E-state index contributed by atoms with van der Waals surface area (Å²) in [6, 6.07) is 53.2. The number of aryl methyl sites for hydroxylation is 1. The molecular weight excluding hydrogens is 567 g/mol. The summed E-state index contributed by atoms with van der Waals surface area (Å²) in [4.78, 5) is 5.38. The molecule has 0 fully saturated rings. The van der Waals surface area contributed by atoms with Crippen molar-refractivity contribution in [1.82, 2.24) is 0 Å². The minimum absolute atomic E-state index is 0.263. The van der Waals surface area contributed by atoms with Gasteiger partial charge in [-0.15, -0.1) is 0 Å². The van der Waals surface area contributed by atoms with Crippen LogP contribution in [0.1, 0.15) is 41.4 Å². The summed E-state index contributed by atoms with van der Waals surface area (Å²) in [5, 5.41) is 7.84. The third-order valence-electron chi connectivity index (χ3n) is 10.2. The average Bonchev–Trinajstić information content (AvgIpc) is 3.34. The fraction of sp³-hybridized carbons (Fsp3) is 0.109. The van der Waals surface area contributed by atoms with E-state index < -0.39 is 0 Å². The summed E-state index contributed by atoms with van der Waals surface area (Å²) in [5.74, 6) is 0.534. The molecule has 9 rings (SSSR count). The number of hydrogen-bond donors (Lipinski definition) is 0. The van der Waals surface area contributed by atoms with Crippen LogP contribution in [0.5, 0.6) is 0 Å². The first kappa shape index (κ1) is 27.8. The van der Waals surface area contributed by atoms with Crippen LogP contribution in [0.3, 0.4) is 0 Å². The number of aliphatic imine (C=N–C) groups is 1. The lowest BCUT2D eigenvalue weighted by atomic mass is 9.79. The van der Waals surface area contributed by atoms with E-state index in [1.54, 1.807) is 0 Å². The highest BCUT2D eigenvalue weighted by atomic mass is 14.8. The Kier molecular flexibility index (Phi) is 6.90. The Morgan fingerprint density at radius 2 is 1.23 bits per heavy atom. The van der Waals surface area contributed by atoms with Crippen molar-refractivity contribution in [3.05, 3.63) is 186 Å². The second-order valence-electron chi connectivity index (χ2n) is 12.9. The summed E-state index contributed by atoms with van der Waals surface area (Å²) in [6.07, 6.45) is 10.3. The first-order chi connectivity index (χ1) is 23.3. The zero-order valence-corrected chi connectivity index (χ0v) is 26.3. The molecule has 2 atom stereocenters. The highest BCUT2D eigenvalue weighted by Gasteiger charge is 2.27. The van der Waals surface area contributed by atoms with E-state index in [4.69, 9.17) is 4.99 Å². The quantitative estimate of drug-likeness (QED) is 0.178. The van der Waals surface area contributed by atoms with E-state index in [1.807, 2.05) is 0 Å². The highest BCUT2D eigenvalue weighted by Crippen LogP contribution is 2.45. The van der Waals surface area contributed by atoms with Gasteiger partial charge in [0, 0.05) is 11.8 Å². The molecular formula is C46H35N. The van der Waals surface area contributed by atoms with Gasteiger partial charge < -0.3 is 0 Å². The molecule has 224 valence electrons. The van der Waals surface area contributed by atoms with E-state index in [0.717, 1.165) is 24.9 Å². The number of rotatable bonds is 4. The zero-order chi connectivity index (χ0) is 31.2. The van der Waals surface area contributed by atoms with Gasteiger partial charge in [-0.1, -0.05) is 152 Å². The largest absolute Gasteiger partial charge is 0.252 e. The fourth-order valence-corrected chi connectivity index (χ4v) is 7.99. The maximum atomic E-state index is 5.38.